The molecule has 0 saturated heterocycles. The highest BCUT2D eigenvalue weighted by Gasteiger charge is 2.11. The van der Waals surface area contributed by atoms with Gasteiger partial charge in [-0.25, -0.2) is 0 Å². The van der Waals surface area contributed by atoms with Gasteiger partial charge >= 0.3 is 0 Å². The van der Waals surface area contributed by atoms with Crippen molar-refractivity contribution >= 4 is 28.5 Å². The SMILES string of the molecule is O=[N+]([O-])c1ccc2oc(Nc3ccccc3)nc2c1. The molecule has 0 aliphatic rings. The Hall–Kier alpha value is -2.89. The van der Waals surface area contributed by atoms with Crippen LogP contribution in [0, 0.1) is 10.1 Å². The minimum atomic E-state index is -0.460. The van der Waals surface area contributed by atoms with E-state index in [9.17, 15) is 10.1 Å². The Morgan fingerprint density at radius 1 is 1.16 bits per heavy atom. The molecule has 2 aromatic carbocycles. The molecule has 6 heteroatoms. The second kappa shape index (κ2) is 4.41. The number of nitro groups is 1. The van der Waals surface area contributed by atoms with Gasteiger partial charge in [0.2, 0.25) is 0 Å². The number of anilines is 2. The molecular formula is C13H9N3O3. The van der Waals surface area contributed by atoms with Crippen LogP contribution in [0.2, 0.25) is 0 Å². The first-order chi connectivity index (χ1) is 9.22. The average molecular weight is 255 g/mol. The van der Waals surface area contributed by atoms with Crippen LogP contribution in [0.3, 0.4) is 0 Å². The number of benzene rings is 2. The van der Waals surface area contributed by atoms with Crippen molar-refractivity contribution in [2.24, 2.45) is 0 Å². The first kappa shape index (κ1) is 11.2. The number of rotatable bonds is 3. The molecule has 0 bridgehead atoms. The summed E-state index contributed by atoms with van der Waals surface area (Å²) in [5.74, 6) is 0. The van der Waals surface area contributed by atoms with Crippen LogP contribution in [0.15, 0.2) is 52.9 Å². The van der Waals surface area contributed by atoms with Crippen LogP contribution in [-0.4, -0.2) is 9.91 Å². The molecule has 0 fully saturated rings. The molecule has 0 saturated carbocycles. The van der Waals surface area contributed by atoms with Crippen molar-refractivity contribution in [2.45, 2.75) is 0 Å². The predicted octanol–water partition coefficient (Wildman–Crippen LogP) is 3.48. The van der Waals surface area contributed by atoms with Crippen molar-refractivity contribution in [3.05, 3.63) is 58.6 Å². The summed E-state index contributed by atoms with van der Waals surface area (Å²) in [7, 11) is 0. The molecule has 1 N–H and O–H groups in total. The van der Waals surface area contributed by atoms with Gasteiger partial charge in [-0.05, 0) is 18.2 Å². The molecule has 3 aromatic rings. The first-order valence-corrected chi connectivity index (χ1v) is 5.59. The molecule has 94 valence electrons. The van der Waals surface area contributed by atoms with Crippen LogP contribution in [0.25, 0.3) is 11.1 Å². The number of nitrogens with zero attached hydrogens (tertiary/aromatic N) is 2. The molecule has 0 radical (unpaired) electrons. The minimum Gasteiger partial charge on any atom is -0.423 e. The van der Waals surface area contributed by atoms with E-state index in [1.54, 1.807) is 0 Å². The second-order valence-corrected chi connectivity index (χ2v) is 3.92. The summed E-state index contributed by atoms with van der Waals surface area (Å²) in [5, 5.41) is 13.7. The molecule has 0 unspecified atom stereocenters. The molecule has 0 aliphatic heterocycles. The Morgan fingerprint density at radius 3 is 2.68 bits per heavy atom. The zero-order valence-corrected chi connectivity index (χ0v) is 9.74. The zero-order valence-electron chi connectivity index (χ0n) is 9.74. The van der Waals surface area contributed by atoms with E-state index >= 15 is 0 Å². The number of non-ortho nitro benzene ring substituents is 1. The van der Waals surface area contributed by atoms with Crippen LogP contribution in [0.1, 0.15) is 0 Å². The molecule has 0 aliphatic carbocycles. The Kier molecular flexibility index (Phi) is 2.60. The summed E-state index contributed by atoms with van der Waals surface area (Å²) in [6, 6.07) is 14.0. The Labute approximate surface area is 107 Å². The van der Waals surface area contributed by atoms with Crippen molar-refractivity contribution in [3.8, 4) is 0 Å². The van der Waals surface area contributed by atoms with Crippen molar-refractivity contribution < 1.29 is 9.34 Å². The number of aromatic nitrogens is 1. The predicted molar refractivity (Wildman–Crippen MR) is 70.4 cm³/mol. The summed E-state index contributed by atoms with van der Waals surface area (Å²) in [6.07, 6.45) is 0. The largest absolute Gasteiger partial charge is 0.423 e. The van der Waals surface area contributed by atoms with E-state index in [2.05, 4.69) is 10.3 Å². The molecular weight excluding hydrogens is 246 g/mol. The van der Waals surface area contributed by atoms with E-state index in [0.717, 1.165) is 5.69 Å². The highest BCUT2D eigenvalue weighted by atomic mass is 16.6. The number of hydrogen-bond donors (Lipinski definition) is 1. The first-order valence-electron chi connectivity index (χ1n) is 5.59. The van der Waals surface area contributed by atoms with Crippen LogP contribution in [0.5, 0.6) is 0 Å². The molecule has 3 rings (SSSR count). The summed E-state index contributed by atoms with van der Waals surface area (Å²) in [6.45, 7) is 0. The fourth-order valence-corrected chi connectivity index (χ4v) is 1.73. The lowest BCUT2D eigenvalue weighted by Gasteiger charge is -1.98. The van der Waals surface area contributed by atoms with E-state index in [1.165, 1.54) is 18.2 Å². The number of nitro benzene ring substituents is 1. The fraction of sp³-hybridized carbons (Fsp3) is 0. The molecule has 1 heterocycles. The van der Waals surface area contributed by atoms with Gasteiger partial charge in [0.05, 0.1) is 4.92 Å². The fourth-order valence-electron chi connectivity index (χ4n) is 1.73. The molecule has 1 aromatic heterocycles. The minimum absolute atomic E-state index is 0.00735. The quantitative estimate of drug-likeness (QED) is 0.572. The molecule has 0 spiro atoms. The maximum absolute atomic E-state index is 10.7. The lowest BCUT2D eigenvalue weighted by molar-refractivity contribution is -0.384. The van der Waals surface area contributed by atoms with Crippen molar-refractivity contribution in [1.29, 1.82) is 0 Å². The standard InChI is InChI=1S/C13H9N3O3/c17-16(18)10-6-7-12-11(8-10)15-13(19-12)14-9-4-2-1-3-5-9/h1-8H,(H,14,15). The van der Waals surface area contributed by atoms with Gasteiger partial charge < -0.3 is 9.73 Å². The van der Waals surface area contributed by atoms with E-state index in [1.807, 2.05) is 30.3 Å². The topological polar surface area (TPSA) is 81.2 Å². The van der Waals surface area contributed by atoms with Gasteiger partial charge in [0.25, 0.3) is 11.7 Å². The number of hydrogen-bond acceptors (Lipinski definition) is 5. The van der Waals surface area contributed by atoms with Gasteiger partial charge in [0.1, 0.15) is 5.52 Å². The van der Waals surface area contributed by atoms with Gasteiger partial charge in [-0.15, -0.1) is 0 Å². The van der Waals surface area contributed by atoms with Crippen LogP contribution in [0.4, 0.5) is 17.4 Å². The maximum atomic E-state index is 10.7. The van der Waals surface area contributed by atoms with Crippen molar-refractivity contribution in [1.82, 2.24) is 4.98 Å². The number of oxazole rings is 1. The van der Waals surface area contributed by atoms with E-state index < -0.39 is 4.92 Å². The Bertz CT molecular complexity index is 737. The van der Waals surface area contributed by atoms with Gasteiger partial charge in [0, 0.05) is 17.8 Å². The van der Waals surface area contributed by atoms with E-state index in [4.69, 9.17) is 4.42 Å². The van der Waals surface area contributed by atoms with E-state index in [-0.39, 0.29) is 5.69 Å². The summed E-state index contributed by atoms with van der Waals surface area (Å²) >= 11 is 0. The van der Waals surface area contributed by atoms with E-state index in [0.29, 0.717) is 17.1 Å². The maximum Gasteiger partial charge on any atom is 0.300 e. The van der Waals surface area contributed by atoms with Crippen LogP contribution < -0.4 is 5.32 Å². The summed E-state index contributed by atoms with van der Waals surface area (Å²) in [5.41, 5.74) is 1.78. The van der Waals surface area contributed by atoms with Crippen LogP contribution in [-0.2, 0) is 0 Å². The smallest absolute Gasteiger partial charge is 0.300 e. The molecule has 0 atom stereocenters. The van der Waals surface area contributed by atoms with Crippen LogP contribution >= 0.6 is 0 Å². The summed E-state index contributed by atoms with van der Waals surface area (Å²) < 4.78 is 5.46. The van der Waals surface area contributed by atoms with Crippen molar-refractivity contribution in [2.75, 3.05) is 5.32 Å². The average Bonchev–Trinajstić information content (AvgIpc) is 2.80. The van der Waals surface area contributed by atoms with Gasteiger partial charge in [-0.1, -0.05) is 18.2 Å². The highest BCUT2D eigenvalue weighted by molar-refractivity contribution is 5.77. The Morgan fingerprint density at radius 2 is 1.95 bits per heavy atom. The number of nitrogens with one attached hydrogen (secondary N) is 1. The third-order valence-corrected chi connectivity index (χ3v) is 2.61. The molecule has 0 amide bonds. The third kappa shape index (κ3) is 2.23. The normalized spacial score (nSPS) is 10.5. The highest BCUT2D eigenvalue weighted by Crippen LogP contribution is 2.25. The van der Waals surface area contributed by atoms with Gasteiger partial charge in [0.15, 0.2) is 5.58 Å². The molecule has 19 heavy (non-hydrogen) atoms. The third-order valence-electron chi connectivity index (χ3n) is 2.61. The second-order valence-electron chi connectivity index (χ2n) is 3.92. The summed E-state index contributed by atoms with van der Waals surface area (Å²) in [4.78, 5) is 14.4. The van der Waals surface area contributed by atoms with Gasteiger partial charge in [-0.3, -0.25) is 10.1 Å². The zero-order chi connectivity index (χ0) is 13.2. The lowest BCUT2D eigenvalue weighted by Crippen LogP contribution is -1.89. The lowest BCUT2D eigenvalue weighted by atomic mass is 10.3. The number of fused-ring (bicyclic) bond motifs is 1. The monoisotopic (exact) mass is 255 g/mol. The number of para-hydroxylation sites is 1. The van der Waals surface area contributed by atoms with Gasteiger partial charge in [-0.2, -0.15) is 4.98 Å². The molecule has 6 nitrogen and oxygen atoms in total. The van der Waals surface area contributed by atoms with Crippen molar-refractivity contribution in [3.63, 3.8) is 0 Å². The Balaban J connectivity index is 1.95.